The summed E-state index contributed by atoms with van der Waals surface area (Å²) in [5.41, 5.74) is -0.358. The van der Waals surface area contributed by atoms with E-state index in [2.05, 4.69) is 26.1 Å². The minimum atomic E-state index is -0.390. The van der Waals surface area contributed by atoms with Gasteiger partial charge in [-0.3, -0.25) is 9.59 Å². The van der Waals surface area contributed by atoms with Crippen molar-refractivity contribution in [1.29, 1.82) is 0 Å². The predicted molar refractivity (Wildman–Crippen MR) is 80.8 cm³/mol. The van der Waals surface area contributed by atoms with E-state index in [0.29, 0.717) is 25.4 Å². The Morgan fingerprint density at radius 1 is 1.43 bits per heavy atom. The molecule has 0 radical (unpaired) electrons. The Kier molecular flexibility index (Phi) is 4.91. The van der Waals surface area contributed by atoms with Gasteiger partial charge in [-0.2, -0.15) is 0 Å². The highest BCUT2D eigenvalue weighted by Gasteiger charge is 2.48. The summed E-state index contributed by atoms with van der Waals surface area (Å²) in [5.74, 6) is 0.410. The van der Waals surface area contributed by atoms with Crippen LogP contribution in [0.5, 0.6) is 0 Å². The molecule has 21 heavy (non-hydrogen) atoms. The second-order valence-corrected chi connectivity index (χ2v) is 6.98. The number of hydrogen-bond acceptors (Lipinski definition) is 3. The summed E-state index contributed by atoms with van der Waals surface area (Å²) in [6, 6.07) is -0.758. The molecule has 2 aliphatic rings. The van der Waals surface area contributed by atoms with Crippen molar-refractivity contribution in [3.05, 3.63) is 0 Å². The summed E-state index contributed by atoms with van der Waals surface area (Å²) in [4.78, 5) is 27.2. The van der Waals surface area contributed by atoms with E-state index in [1.807, 2.05) is 11.8 Å². The van der Waals surface area contributed by atoms with Crippen LogP contribution >= 0.6 is 0 Å². The molecule has 0 aromatic carbocycles. The van der Waals surface area contributed by atoms with Gasteiger partial charge in [0.15, 0.2) is 0 Å². The van der Waals surface area contributed by atoms with Gasteiger partial charge in [-0.1, -0.05) is 20.8 Å². The van der Waals surface area contributed by atoms with Crippen LogP contribution < -0.4 is 5.32 Å². The predicted octanol–water partition coefficient (Wildman–Crippen LogP) is 1.71. The van der Waals surface area contributed by atoms with Crippen molar-refractivity contribution in [1.82, 2.24) is 10.2 Å². The summed E-state index contributed by atoms with van der Waals surface area (Å²) in [6.45, 7) is 9.42. The molecule has 0 aliphatic carbocycles. The maximum absolute atomic E-state index is 12.9. The van der Waals surface area contributed by atoms with Gasteiger partial charge in [0.25, 0.3) is 0 Å². The minimum absolute atomic E-state index is 0.0189. The van der Waals surface area contributed by atoms with Gasteiger partial charge in [0.2, 0.25) is 11.8 Å². The van der Waals surface area contributed by atoms with Crippen LogP contribution in [0.1, 0.15) is 53.4 Å². The molecule has 3 unspecified atom stereocenters. The molecular weight excluding hydrogens is 268 g/mol. The molecular formula is C16H28N2O3. The molecule has 5 heteroatoms. The third-order valence-corrected chi connectivity index (χ3v) is 4.56. The fourth-order valence-corrected chi connectivity index (χ4v) is 3.52. The zero-order valence-corrected chi connectivity index (χ0v) is 13.6. The lowest BCUT2D eigenvalue weighted by Crippen LogP contribution is -2.70. The highest BCUT2D eigenvalue weighted by molar-refractivity contribution is 5.97. The van der Waals surface area contributed by atoms with Crippen LogP contribution in [0.2, 0.25) is 0 Å². The first-order valence-electron chi connectivity index (χ1n) is 8.10. The molecule has 3 atom stereocenters. The number of hydrogen-bond donors (Lipinski definition) is 1. The number of rotatable bonds is 4. The normalized spacial score (nSPS) is 34.2. The Hall–Kier alpha value is -1.10. The van der Waals surface area contributed by atoms with Crippen molar-refractivity contribution in [2.24, 2.45) is 5.92 Å². The van der Waals surface area contributed by atoms with Crippen molar-refractivity contribution in [2.45, 2.75) is 71.0 Å². The van der Waals surface area contributed by atoms with Crippen molar-refractivity contribution in [3.8, 4) is 0 Å². The molecule has 2 amide bonds. The van der Waals surface area contributed by atoms with E-state index in [9.17, 15) is 9.59 Å². The molecule has 2 heterocycles. The molecule has 0 aromatic heterocycles. The lowest BCUT2D eigenvalue weighted by molar-refractivity contribution is -0.163. The summed E-state index contributed by atoms with van der Waals surface area (Å²) in [7, 11) is 0. The van der Waals surface area contributed by atoms with Gasteiger partial charge in [0.05, 0.1) is 12.1 Å². The average molecular weight is 296 g/mol. The monoisotopic (exact) mass is 296 g/mol. The van der Waals surface area contributed by atoms with Crippen LogP contribution in [-0.4, -0.2) is 47.6 Å². The van der Waals surface area contributed by atoms with Gasteiger partial charge < -0.3 is 15.0 Å². The molecule has 0 saturated carbocycles. The molecule has 2 fully saturated rings. The van der Waals surface area contributed by atoms with Crippen molar-refractivity contribution in [2.75, 3.05) is 13.2 Å². The zero-order valence-electron chi connectivity index (χ0n) is 13.6. The van der Waals surface area contributed by atoms with Crippen LogP contribution in [0.3, 0.4) is 0 Å². The Bertz CT molecular complexity index is 402. The van der Waals surface area contributed by atoms with Crippen molar-refractivity contribution in [3.63, 3.8) is 0 Å². The molecule has 5 nitrogen and oxygen atoms in total. The van der Waals surface area contributed by atoms with E-state index in [1.165, 1.54) is 0 Å². The Morgan fingerprint density at radius 3 is 2.67 bits per heavy atom. The molecule has 2 rings (SSSR count). The summed E-state index contributed by atoms with van der Waals surface area (Å²) >= 11 is 0. The van der Waals surface area contributed by atoms with Gasteiger partial charge in [-0.05, 0) is 38.5 Å². The van der Waals surface area contributed by atoms with E-state index in [1.54, 1.807) is 0 Å². The topological polar surface area (TPSA) is 58.6 Å². The highest BCUT2D eigenvalue weighted by Crippen LogP contribution is 2.32. The summed E-state index contributed by atoms with van der Waals surface area (Å²) in [6.07, 6.45) is 3.17. The van der Waals surface area contributed by atoms with E-state index in [4.69, 9.17) is 4.74 Å². The van der Waals surface area contributed by atoms with Crippen LogP contribution in [0, 0.1) is 5.92 Å². The zero-order chi connectivity index (χ0) is 15.6. The first-order valence-corrected chi connectivity index (χ1v) is 8.10. The first kappa shape index (κ1) is 16.3. The lowest BCUT2D eigenvalue weighted by atomic mass is 9.87. The molecule has 1 N–H and O–H groups in total. The van der Waals surface area contributed by atoms with Gasteiger partial charge in [0, 0.05) is 6.61 Å². The second kappa shape index (κ2) is 6.34. The quantitative estimate of drug-likeness (QED) is 0.859. The SMILES string of the molecule is CCC1C(=O)NC(CC(C)C)C(=O)N1C1(C)CCCOC1. The largest absolute Gasteiger partial charge is 0.379 e. The van der Waals surface area contributed by atoms with E-state index in [0.717, 1.165) is 19.4 Å². The number of carbonyl (C=O) groups is 2. The van der Waals surface area contributed by atoms with Gasteiger partial charge in [-0.25, -0.2) is 0 Å². The third-order valence-electron chi connectivity index (χ3n) is 4.56. The number of nitrogens with zero attached hydrogens (tertiary/aromatic N) is 1. The van der Waals surface area contributed by atoms with E-state index < -0.39 is 0 Å². The Balaban J connectivity index is 2.28. The number of ether oxygens (including phenoxy) is 1. The number of amides is 2. The summed E-state index contributed by atoms with van der Waals surface area (Å²) < 4.78 is 5.61. The second-order valence-electron chi connectivity index (χ2n) is 6.98. The van der Waals surface area contributed by atoms with Gasteiger partial charge in [0.1, 0.15) is 12.1 Å². The standard InChI is InChI=1S/C16H28N2O3/c1-5-13-14(19)17-12(9-11(2)3)15(20)18(13)16(4)7-6-8-21-10-16/h11-13H,5-10H2,1-4H3,(H,17,19). The molecule has 0 aromatic rings. The fraction of sp³-hybridized carbons (Fsp3) is 0.875. The van der Waals surface area contributed by atoms with Crippen LogP contribution in [0.4, 0.5) is 0 Å². The maximum Gasteiger partial charge on any atom is 0.246 e. The van der Waals surface area contributed by atoms with E-state index in [-0.39, 0.29) is 29.4 Å². The Morgan fingerprint density at radius 2 is 2.14 bits per heavy atom. The van der Waals surface area contributed by atoms with Gasteiger partial charge in [-0.15, -0.1) is 0 Å². The smallest absolute Gasteiger partial charge is 0.246 e. The van der Waals surface area contributed by atoms with Crippen molar-refractivity contribution >= 4 is 11.8 Å². The number of piperazine rings is 1. The molecule has 0 spiro atoms. The fourth-order valence-electron chi connectivity index (χ4n) is 3.52. The van der Waals surface area contributed by atoms with Gasteiger partial charge >= 0.3 is 0 Å². The average Bonchev–Trinajstić information content (AvgIpc) is 2.42. The Labute approximate surface area is 127 Å². The molecule has 2 saturated heterocycles. The number of nitrogens with one attached hydrogen (secondary N) is 1. The van der Waals surface area contributed by atoms with Crippen LogP contribution in [0.25, 0.3) is 0 Å². The van der Waals surface area contributed by atoms with Crippen molar-refractivity contribution < 1.29 is 14.3 Å². The lowest BCUT2D eigenvalue weighted by Gasteiger charge is -2.50. The minimum Gasteiger partial charge on any atom is -0.379 e. The number of carbonyl (C=O) groups excluding carboxylic acids is 2. The third kappa shape index (κ3) is 3.23. The molecule has 2 aliphatic heterocycles. The van der Waals surface area contributed by atoms with E-state index >= 15 is 0 Å². The summed E-state index contributed by atoms with van der Waals surface area (Å²) in [5, 5.41) is 2.91. The highest BCUT2D eigenvalue weighted by atomic mass is 16.5. The maximum atomic E-state index is 12.9. The molecule has 0 bridgehead atoms. The van der Waals surface area contributed by atoms with Crippen LogP contribution in [0.15, 0.2) is 0 Å². The van der Waals surface area contributed by atoms with Crippen LogP contribution in [-0.2, 0) is 14.3 Å². The molecule has 120 valence electrons. The first-order chi connectivity index (χ1) is 9.89.